The fraction of sp³-hybridized carbons (Fsp3) is 0.0714. The highest BCUT2D eigenvalue weighted by Crippen LogP contribution is 2.26. The molecule has 6 nitrogen and oxygen atoms in total. The fourth-order valence-corrected chi connectivity index (χ4v) is 2.14. The first-order valence-corrected chi connectivity index (χ1v) is 6.73. The van der Waals surface area contributed by atoms with Crippen molar-refractivity contribution in [2.45, 2.75) is 6.61 Å². The van der Waals surface area contributed by atoms with Gasteiger partial charge >= 0.3 is 0 Å². The van der Waals surface area contributed by atoms with E-state index < -0.39 is 10.8 Å². The average molecular weight is 351 g/mol. The van der Waals surface area contributed by atoms with Gasteiger partial charge in [-0.05, 0) is 39.7 Å². The number of primary amides is 1. The molecule has 0 fully saturated rings. The van der Waals surface area contributed by atoms with Gasteiger partial charge in [0, 0.05) is 6.07 Å². The Morgan fingerprint density at radius 1 is 1.29 bits per heavy atom. The molecule has 0 unspecified atom stereocenters. The molecule has 21 heavy (non-hydrogen) atoms. The van der Waals surface area contributed by atoms with Crippen molar-refractivity contribution >= 4 is 27.5 Å². The van der Waals surface area contributed by atoms with Crippen LogP contribution in [-0.2, 0) is 6.61 Å². The van der Waals surface area contributed by atoms with Crippen molar-refractivity contribution in [3.05, 3.63) is 68.2 Å². The van der Waals surface area contributed by atoms with E-state index >= 15 is 0 Å². The molecule has 0 bridgehead atoms. The molecule has 0 aliphatic carbocycles. The second-order valence-corrected chi connectivity index (χ2v) is 5.05. The molecule has 0 saturated carbocycles. The lowest BCUT2D eigenvalue weighted by molar-refractivity contribution is -0.385. The number of ether oxygens (including phenoxy) is 1. The number of nitrogens with two attached hydrogens (primary N) is 1. The molecule has 2 aromatic rings. The summed E-state index contributed by atoms with van der Waals surface area (Å²) in [7, 11) is 0. The lowest BCUT2D eigenvalue weighted by atomic mass is 10.2. The Labute approximate surface area is 128 Å². The van der Waals surface area contributed by atoms with Crippen LogP contribution in [0.2, 0.25) is 0 Å². The Balaban J connectivity index is 2.19. The second-order valence-electron chi connectivity index (χ2n) is 4.19. The monoisotopic (exact) mass is 350 g/mol. The number of amides is 1. The van der Waals surface area contributed by atoms with Crippen LogP contribution in [0, 0.1) is 10.1 Å². The van der Waals surface area contributed by atoms with E-state index in [0.29, 0.717) is 15.8 Å². The maximum Gasteiger partial charge on any atom is 0.283 e. The number of halogens is 1. The van der Waals surface area contributed by atoms with Gasteiger partial charge in [-0.1, -0.05) is 18.2 Å². The van der Waals surface area contributed by atoms with E-state index in [2.05, 4.69) is 15.9 Å². The SMILES string of the molecule is NC(=O)c1ccccc1OCc1ccc(Br)c([N+](=O)[O-])c1. The first-order chi connectivity index (χ1) is 9.99. The standard InChI is InChI=1S/C14H11BrN2O4/c15-11-6-5-9(7-12(11)17(19)20)8-21-13-4-2-1-3-10(13)14(16)18/h1-7H,8H2,(H2,16,18). The highest BCUT2D eigenvalue weighted by atomic mass is 79.9. The van der Waals surface area contributed by atoms with E-state index in [1.165, 1.54) is 6.07 Å². The van der Waals surface area contributed by atoms with Crippen molar-refractivity contribution in [2.75, 3.05) is 0 Å². The first-order valence-electron chi connectivity index (χ1n) is 5.93. The van der Waals surface area contributed by atoms with Gasteiger partial charge in [0.15, 0.2) is 0 Å². The van der Waals surface area contributed by atoms with Gasteiger partial charge in [-0.15, -0.1) is 0 Å². The number of nitro groups is 1. The number of benzene rings is 2. The van der Waals surface area contributed by atoms with Crippen molar-refractivity contribution < 1.29 is 14.5 Å². The van der Waals surface area contributed by atoms with Crippen LogP contribution in [0.5, 0.6) is 5.75 Å². The van der Waals surface area contributed by atoms with Gasteiger partial charge in [-0.3, -0.25) is 14.9 Å². The van der Waals surface area contributed by atoms with Crippen molar-refractivity contribution in [3.63, 3.8) is 0 Å². The largest absolute Gasteiger partial charge is 0.488 e. The number of carbonyl (C=O) groups excluding carboxylic acids is 1. The zero-order chi connectivity index (χ0) is 15.4. The lowest BCUT2D eigenvalue weighted by Crippen LogP contribution is -2.12. The molecular formula is C14H11BrN2O4. The minimum atomic E-state index is -0.590. The summed E-state index contributed by atoms with van der Waals surface area (Å²) in [5, 5.41) is 10.9. The molecule has 0 heterocycles. The Morgan fingerprint density at radius 2 is 2.00 bits per heavy atom. The van der Waals surface area contributed by atoms with E-state index in [4.69, 9.17) is 10.5 Å². The van der Waals surface area contributed by atoms with Crippen molar-refractivity contribution in [1.82, 2.24) is 0 Å². The van der Waals surface area contributed by atoms with Crippen LogP contribution in [0.1, 0.15) is 15.9 Å². The van der Waals surface area contributed by atoms with Crippen molar-refractivity contribution in [3.8, 4) is 5.75 Å². The van der Waals surface area contributed by atoms with Crippen molar-refractivity contribution in [2.24, 2.45) is 5.73 Å². The highest BCUT2D eigenvalue weighted by Gasteiger charge is 2.13. The van der Waals surface area contributed by atoms with Crippen LogP contribution in [0.3, 0.4) is 0 Å². The number of rotatable bonds is 5. The molecule has 7 heteroatoms. The van der Waals surface area contributed by atoms with Gasteiger partial charge < -0.3 is 10.5 Å². The predicted octanol–water partition coefficient (Wildman–Crippen LogP) is 3.04. The van der Waals surface area contributed by atoms with Crippen LogP contribution in [-0.4, -0.2) is 10.8 Å². The van der Waals surface area contributed by atoms with Gasteiger partial charge in [-0.25, -0.2) is 0 Å². The summed E-state index contributed by atoms with van der Waals surface area (Å²) in [6, 6.07) is 11.3. The number of nitro benzene ring substituents is 1. The molecule has 0 radical (unpaired) electrons. The second kappa shape index (κ2) is 6.36. The predicted molar refractivity (Wildman–Crippen MR) is 80.1 cm³/mol. The third kappa shape index (κ3) is 3.57. The maximum absolute atomic E-state index is 11.3. The summed E-state index contributed by atoms with van der Waals surface area (Å²) in [5.74, 6) is -0.247. The normalized spacial score (nSPS) is 10.1. The molecule has 2 aromatic carbocycles. The van der Waals surface area contributed by atoms with Crippen molar-refractivity contribution in [1.29, 1.82) is 0 Å². The third-order valence-corrected chi connectivity index (χ3v) is 3.42. The Bertz CT molecular complexity index is 703. The summed E-state index contributed by atoms with van der Waals surface area (Å²) in [4.78, 5) is 21.7. The number of nitrogens with zero attached hydrogens (tertiary/aromatic N) is 1. The highest BCUT2D eigenvalue weighted by molar-refractivity contribution is 9.10. The molecule has 0 spiro atoms. The van der Waals surface area contributed by atoms with Crippen LogP contribution < -0.4 is 10.5 Å². The van der Waals surface area contributed by atoms with Gasteiger partial charge in [0.05, 0.1) is 15.0 Å². The summed E-state index contributed by atoms with van der Waals surface area (Å²) in [6.07, 6.45) is 0. The number of carbonyl (C=O) groups is 1. The van der Waals surface area contributed by atoms with Gasteiger partial charge in [0.25, 0.3) is 11.6 Å². The topological polar surface area (TPSA) is 95.5 Å². The fourth-order valence-electron chi connectivity index (χ4n) is 1.75. The van der Waals surface area contributed by atoms with Gasteiger partial charge in [-0.2, -0.15) is 0 Å². The molecule has 0 saturated heterocycles. The molecular weight excluding hydrogens is 340 g/mol. The van der Waals surface area contributed by atoms with E-state index in [1.807, 2.05) is 0 Å². The number of para-hydroxylation sites is 1. The molecule has 2 rings (SSSR count). The van der Waals surface area contributed by atoms with Crippen LogP contribution in [0.25, 0.3) is 0 Å². The zero-order valence-corrected chi connectivity index (χ0v) is 12.4. The van der Waals surface area contributed by atoms with Crippen LogP contribution >= 0.6 is 15.9 Å². The third-order valence-electron chi connectivity index (χ3n) is 2.75. The molecule has 108 valence electrons. The molecule has 2 N–H and O–H groups in total. The Hall–Kier alpha value is -2.41. The van der Waals surface area contributed by atoms with E-state index in [1.54, 1.807) is 36.4 Å². The Kier molecular flexibility index (Phi) is 4.54. The summed E-state index contributed by atoms with van der Waals surface area (Å²) in [6.45, 7) is 0.0956. The minimum Gasteiger partial charge on any atom is -0.488 e. The average Bonchev–Trinajstić information content (AvgIpc) is 2.46. The van der Waals surface area contributed by atoms with Gasteiger partial charge in [0.1, 0.15) is 12.4 Å². The summed E-state index contributed by atoms with van der Waals surface area (Å²) >= 11 is 3.11. The quantitative estimate of drug-likeness (QED) is 0.662. The van der Waals surface area contributed by atoms with Crippen LogP contribution in [0.4, 0.5) is 5.69 Å². The Morgan fingerprint density at radius 3 is 2.67 bits per heavy atom. The number of hydrogen-bond acceptors (Lipinski definition) is 4. The van der Waals surface area contributed by atoms with Gasteiger partial charge in [0.2, 0.25) is 0 Å². The first kappa shape index (κ1) is 15.0. The van der Waals surface area contributed by atoms with E-state index in [-0.39, 0.29) is 17.9 Å². The molecule has 0 aromatic heterocycles. The molecule has 1 amide bonds. The molecule has 0 atom stereocenters. The lowest BCUT2D eigenvalue weighted by Gasteiger charge is -2.09. The van der Waals surface area contributed by atoms with E-state index in [0.717, 1.165) is 0 Å². The zero-order valence-electron chi connectivity index (χ0n) is 10.8. The maximum atomic E-state index is 11.3. The number of hydrogen-bond donors (Lipinski definition) is 1. The summed E-state index contributed by atoms with van der Waals surface area (Å²) < 4.78 is 5.92. The summed E-state index contributed by atoms with van der Waals surface area (Å²) in [5.41, 5.74) is 6.09. The smallest absolute Gasteiger partial charge is 0.283 e. The van der Waals surface area contributed by atoms with Crippen LogP contribution in [0.15, 0.2) is 46.9 Å². The molecule has 0 aliphatic heterocycles. The minimum absolute atomic E-state index is 0.0423. The molecule has 0 aliphatic rings. The van der Waals surface area contributed by atoms with E-state index in [9.17, 15) is 14.9 Å².